The van der Waals surface area contributed by atoms with Crippen LogP contribution < -0.4 is 15.0 Å². The lowest BCUT2D eigenvalue weighted by molar-refractivity contribution is -0.120. The van der Waals surface area contributed by atoms with Crippen LogP contribution in [0.25, 0.3) is 0 Å². The van der Waals surface area contributed by atoms with Crippen molar-refractivity contribution in [3.8, 4) is 5.75 Å². The molecule has 25 heavy (non-hydrogen) atoms. The maximum atomic E-state index is 12.4. The maximum absolute atomic E-state index is 12.4. The summed E-state index contributed by atoms with van der Waals surface area (Å²) in [7, 11) is -1.76. The Hall–Kier alpha value is -1.51. The number of hydrogen-bond acceptors (Lipinski definition) is 5. The summed E-state index contributed by atoms with van der Waals surface area (Å²) in [4.78, 5) is 13.5. The van der Waals surface area contributed by atoms with Gasteiger partial charge in [0.25, 0.3) is 0 Å². The third kappa shape index (κ3) is 5.49. The number of carbonyl (C=O) groups excluding carboxylic acids is 1. The van der Waals surface area contributed by atoms with Gasteiger partial charge >= 0.3 is 0 Å². The van der Waals surface area contributed by atoms with Crippen LogP contribution in [0.15, 0.2) is 24.3 Å². The molecule has 0 aliphatic carbocycles. The lowest BCUT2D eigenvalue weighted by atomic mass is 10.2. The van der Waals surface area contributed by atoms with Crippen molar-refractivity contribution in [2.75, 3.05) is 56.4 Å². The summed E-state index contributed by atoms with van der Waals surface area (Å²) < 4.78 is 31.6. The smallest absolute Gasteiger partial charge is 0.221 e. The molecule has 0 saturated carbocycles. The van der Waals surface area contributed by atoms with Gasteiger partial charge in [0.05, 0.1) is 18.6 Å². The van der Waals surface area contributed by atoms with Crippen molar-refractivity contribution in [2.24, 2.45) is 0 Å². The fourth-order valence-corrected chi connectivity index (χ4v) is 4.23. The number of nitrogens with zero attached hydrogens (tertiary/aromatic N) is 2. The second-order valence-corrected chi connectivity index (χ2v) is 8.13. The number of methoxy groups -OCH3 is 1. The van der Waals surface area contributed by atoms with Crippen molar-refractivity contribution in [3.05, 3.63) is 24.3 Å². The Morgan fingerprint density at radius 2 is 1.92 bits per heavy atom. The van der Waals surface area contributed by atoms with Gasteiger partial charge in [0, 0.05) is 45.0 Å². The molecule has 1 aromatic rings. The molecule has 0 bridgehead atoms. The summed E-state index contributed by atoms with van der Waals surface area (Å²) in [5, 5.41) is 2.57. The van der Waals surface area contributed by atoms with Crippen molar-refractivity contribution in [1.29, 1.82) is 0 Å². The Kier molecular flexibility index (Phi) is 7.34. The van der Waals surface area contributed by atoms with E-state index in [-0.39, 0.29) is 30.5 Å². The van der Waals surface area contributed by atoms with Gasteiger partial charge in [-0.3, -0.25) is 4.79 Å². The number of nitrogens with one attached hydrogen (secondary N) is 1. The second kappa shape index (κ2) is 9.26. The molecule has 9 heteroatoms. The Morgan fingerprint density at radius 1 is 1.24 bits per heavy atom. The number of rotatable bonds is 8. The van der Waals surface area contributed by atoms with E-state index < -0.39 is 10.0 Å². The van der Waals surface area contributed by atoms with Crippen molar-refractivity contribution >= 4 is 33.2 Å². The van der Waals surface area contributed by atoms with Crippen LogP contribution in [-0.2, 0) is 14.8 Å². The van der Waals surface area contributed by atoms with Crippen LogP contribution in [0.4, 0.5) is 5.69 Å². The normalized spacial score (nSPS) is 15.8. The molecule has 1 aliphatic rings. The average molecular weight is 390 g/mol. The van der Waals surface area contributed by atoms with Gasteiger partial charge in [0.2, 0.25) is 15.9 Å². The Balaban J connectivity index is 1.87. The highest BCUT2D eigenvalue weighted by Gasteiger charge is 2.27. The van der Waals surface area contributed by atoms with Crippen LogP contribution in [0.1, 0.15) is 6.42 Å². The molecule has 0 aromatic heterocycles. The summed E-state index contributed by atoms with van der Waals surface area (Å²) in [6.45, 7) is 2.12. The number of hydrogen-bond donors (Lipinski definition) is 1. The van der Waals surface area contributed by atoms with Crippen LogP contribution in [0.2, 0.25) is 0 Å². The van der Waals surface area contributed by atoms with Crippen LogP contribution in [0.3, 0.4) is 0 Å². The van der Waals surface area contributed by atoms with Gasteiger partial charge in [-0.05, 0) is 12.1 Å². The molecule has 1 fully saturated rings. The van der Waals surface area contributed by atoms with E-state index in [1.54, 1.807) is 7.11 Å². The summed E-state index contributed by atoms with van der Waals surface area (Å²) in [5.41, 5.74) is 0.968. The van der Waals surface area contributed by atoms with Crippen LogP contribution >= 0.6 is 11.6 Å². The van der Waals surface area contributed by atoms with Crippen molar-refractivity contribution < 1.29 is 17.9 Å². The second-order valence-electron chi connectivity index (χ2n) is 5.66. The van der Waals surface area contributed by atoms with E-state index in [0.717, 1.165) is 11.4 Å². The maximum Gasteiger partial charge on any atom is 0.221 e. The molecule has 2 rings (SSSR count). The van der Waals surface area contributed by atoms with E-state index in [1.807, 2.05) is 24.3 Å². The number of halogens is 1. The van der Waals surface area contributed by atoms with Gasteiger partial charge in [-0.1, -0.05) is 12.1 Å². The molecule has 0 spiro atoms. The molecule has 0 atom stereocenters. The van der Waals surface area contributed by atoms with Gasteiger partial charge in [-0.15, -0.1) is 11.6 Å². The van der Waals surface area contributed by atoms with Gasteiger partial charge in [-0.25, -0.2) is 8.42 Å². The SMILES string of the molecule is COc1ccccc1N1CCN(S(=O)(=O)CCNC(=O)CCCl)CC1. The van der Waals surface area contributed by atoms with Crippen LogP contribution in [0, 0.1) is 0 Å². The largest absolute Gasteiger partial charge is 0.495 e. The number of para-hydroxylation sites is 2. The van der Waals surface area contributed by atoms with E-state index >= 15 is 0 Å². The molecule has 1 aliphatic heterocycles. The molecular weight excluding hydrogens is 366 g/mol. The summed E-state index contributed by atoms with van der Waals surface area (Å²) in [6, 6.07) is 7.70. The number of benzene rings is 1. The summed E-state index contributed by atoms with van der Waals surface area (Å²) in [5.74, 6) is 0.672. The molecule has 140 valence electrons. The van der Waals surface area contributed by atoms with E-state index in [2.05, 4.69) is 10.2 Å². The molecule has 1 N–H and O–H groups in total. The van der Waals surface area contributed by atoms with Gasteiger partial charge in [0.15, 0.2) is 0 Å². The van der Waals surface area contributed by atoms with E-state index in [4.69, 9.17) is 16.3 Å². The first-order valence-corrected chi connectivity index (χ1v) is 10.3. The molecular formula is C16H24ClN3O4S. The monoisotopic (exact) mass is 389 g/mol. The van der Waals surface area contributed by atoms with Gasteiger partial charge < -0.3 is 15.0 Å². The van der Waals surface area contributed by atoms with Gasteiger partial charge in [0.1, 0.15) is 5.75 Å². The predicted molar refractivity (Wildman–Crippen MR) is 98.9 cm³/mol. The van der Waals surface area contributed by atoms with Crippen molar-refractivity contribution in [3.63, 3.8) is 0 Å². The molecule has 7 nitrogen and oxygen atoms in total. The predicted octanol–water partition coefficient (Wildman–Crippen LogP) is 0.892. The Morgan fingerprint density at radius 3 is 2.56 bits per heavy atom. The van der Waals surface area contributed by atoms with Crippen LogP contribution in [-0.4, -0.2) is 70.1 Å². The molecule has 1 aromatic carbocycles. The number of amides is 1. The van der Waals surface area contributed by atoms with Crippen molar-refractivity contribution in [1.82, 2.24) is 9.62 Å². The fourth-order valence-electron chi connectivity index (χ4n) is 2.72. The highest BCUT2D eigenvalue weighted by molar-refractivity contribution is 7.89. The summed E-state index contributed by atoms with van der Waals surface area (Å²) >= 11 is 5.47. The molecule has 0 radical (unpaired) electrons. The lowest BCUT2D eigenvalue weighted by Gasteiger charge is -2.35. The minimum absolute atomic E-state index is 0.102. The molecule has 0 unspecified atom stereocenters. The number of alkyl halides is 1. The van der Waals surface area contributed by atoms with Crippen LogP contribution in [0.5, 0.6) is 5.75 Å². The zero-order chi connectivity index (χ0) is 18.3. The Bertz CT molecular complexity index is 676. The standard InChI is InChI=1S/C16H24ClN3O4S/c1-24-15-5-3-2-4-14(15)19-9-11-20(12-10-19)25(22,23)13-8-18-16(21)6-7-17/h2-5H,6-13H2,1H3,(H,18,21). The number of sulfonamides is 1. The highest BCUT2D eigenvalue weighted by Crippen LogP contribution is 2.28. The Labute approximate surface area is 153 Å². The third-order valence-electron chi connectivity index (χ3n) is 4.06. The first-order chi connectivity index (χ1) is 12.0. The van der Waals surface area contributed by atoms with Crippen molar-refractivity contribution in [2.45, 2.75) is 6.42 Å². The topological polar surface area (TPSA) is 79.0 Å². The minimum atomic E-state index is -3.39. The zero-order valence-corrected chi connectivity index (χ0v) is 15.9. The fraction of sp³-hybridized carbons (Fsp3) is 0.562. The van der Waals surface area contributed by atoms with E-state index in [0.29, 0.717) is 26.2 Å². The van der Waals surface area contributed by atoms with E-state index in [1.165, 1.54) is 4.31 Å². The summed E-state index contributed by atoms with van der Waals surface area (Å²) in [6.07, 6.45) is 0.194. The number of anilines is 1. The zero-order valence-electron chi connectivity index (χ0n) is 14.3. The quantitative estimate of drug-likeness (QED) is 0.668. The third-order valence-corrected chi connectivity index (χ3v) is 6.12. The first-order valence-electron chi connectivity index (χ1n) is 8.16. The van der Waals surface area contributed by atoms with Gasteiger partial charge in [-0.2, -0.15) is 4.31 Å². The lowest BCUT2D eigenvalue weighted by Crippen LogP contribution is -2.50. The molecule has 1 saturated heterocycles. The highest BCUT2D eigenvalue weighted by atomic mass is 35.5. The minimum Gasteiger partial charge on any atom is -0.495 e. The molecule has 1 amide bonds. The number of carbonyl (C=O) groups is 1. The first kappa shape index (κ1) is 19.8. The number of ether oxygens (including phenoxy) is 1. The number of piperazine rings is 1. The molecule has 1 heterocycles. The average Bonchev–Trinajstić information content (AvgIpc) is 2.62. The van der Waals surface area contributed by atoms with E-state index in [9.17, 15) is 13.2 Å².